The number of aromatic nitrogens is 3. The second-order valence-corrected chi connectivity index (χ2v) is 26.4. The first-order valence-electron chi connectivity index (χ1n) is 22.5. The Morgan fingerprint density at radius 1 is 0.938 bits per heavy atom. The van der Waals surface area contributed by atoms with Crippen LogP contribution in [0.2, 0.25) is 16.6 Å². The number of carbonyl (C=O) groups is 3. The molecule has 3 aliphatic rings. The minimum atomic E-state index is -2.37. The number of amides is 2. The minimum Gasteiger partial charge on any atom is -0.462 e. The highest BCUT2D eigenvalue weighted by molar-refractivity contribution is 6.90. The largest absolute Gasteiger partial charge is 0.462 e. The van der Waals surface area contributed by atoms with Crippen molar-refractivity contribution in [3.05, 3.63) is 47.7 Å². The molecular weight excluding hydrogens is 835 g/mol. The monoisotopic (exact) mass is 896 g/mol. The van der Waals surface area contributed by atoms with Crippen LogP contribution in [-0.4, -0.2) is 89.4 Å². The number of ether oxygens (including phenoxy) is 3. The number of benzene rings is 2. The smallest absolute Gasteiger partial charge is 0.412 e. The summed E-state index contributed by atoms with van der Waals surface area (Å²) in [6.07, 6.45) is 4.11. The number of piperazine rings is 1. The Morgan fingerprint density at radius 3 is 2.12 bits per heavy atom. The number of hydrogen-bond donors (Lipinski definition) is 1. The summed E-state index contributed by atoms with van der Waals surface area (Å²) in [6.45, 7) is 24.6. The molecule has 1 aliphatic carbocycles. The molecule has 2 bridgehead atoms. The first kappa shape index (κ1) is 46.6. The van der Waals surface area contributed by atoms with Crippen molar-refractivity contribution in [1.29, 1.82) is 0 Å². The van der Waals surface area contributed by atoms with Crippen LogP contribution in [0.25, 0.3) is 32.9 Å². The molecule has 12 nitrogen and oxygen atoms in total. The summed E-state index contributed by atoms with van der Waals surface area (Å²) < 4.78 is 51.7. The van der Waals surface area contributed by atoms with Gasteiger partial charge in [0.2, 0.25) is 0 Å². The summed E-state index contributed by atoms with van der Waals surface area (Å²) in [7, 11) is -2.37. The molecule has 342 valence electrons. The van der Waals surface area contributed by atoms with E-state index in [4.69, 9.17) is 24.2 Å². The first-order chi connectivity index (χ1) is 30.0. The number of aldehydes is 1. The molecule has 0 spiro atoms. The summed E-state index contributed by atoms with van der Waals surface area (Å²) in [5, 5.41) is 3.91. The van der Waals surface area contributed by atoms with E-state index in [1.807, 2.05) is 25.7 Å². The summed E-state index contributed by atoms with van der Waals surface area (Å²) in [5.74, 6) is 2.27. The Labute approximate surface area is 376 Å². The molecule has 2 aromatic heterocycles. The van der Waals surface area contributed by atoms with Gasteiger partial charge in [0.05, 0.1) is 28.4 Å². The first-order valence-corrected chi connectivity index (χ1v) is 24.7. The van der Waals surface area contributed by atoms with Crippen LogP contribution in [0.5, 0.6) is 6.01 Å². The van der Waals surface area contributed by atoms with E-state index in [0.717, 1.165) is 19.1 Å². The van der Waals surface area contributed by atoms with Gasteiger partial charge in [0.1, 0.15) is 55.0 Å². The third-order valence-corrected chi connectivity index (χ3v) is 19.2. The van der Waals surface area contributed by atoms with Crippen molar-refractivity contribution < 1.29 is 37.4 Å². The third-order valence-electron chi connectivity index (χ3n) is 12.9. The number of halogens is 2. The molecule has 4 heterocycles. The van der Waals surface area contributed by atoms with Crippen LogP contribution >= 0.6 is 0 Å². The summed E-state index contributed by atoms with van der Waals surface area (Å²) in [5.41, 5.74) is 2.63. The van der Waals surface area contributed by atoms with Gasteiger partial charge in [-0.05, 0) is 107 Å². The van der Waals surface area contributed by atoms with E-state index in [2.05, 4.69) is 63.3 Å². The summed E-state index contributed by atoms with van der Waals surface area (Å²) in [4.78, 5) is 56.4. The lowest BCUT2D eigenvalue weighted by Crippen LogP contribution is -2.57. The molecule has 2 saturated heterocycles. The molecular formula is C49H62F2N6O6Si. The van der Waals surface area contributed by atoms with Crippen LogP contribution in [0, 0.1) is 28.5 Å². The number of hydrogen-bond acceptors (Lipinski definition) is 10. The SMILES string of the molecule is CC(C)[Si](C#Cc1c(F)ccc2cc(NC(=O)OC(C)(C)C)cc(-c3ncc4c(N5CC6CCC(C5)N6C(=O)OC(C)(C)C)nc(OCC5(C=O)CC5)nc4c3F)c12)(C(C)C)C(C)C. The van der Waals surface area contributed by atoms with Crippen molar-refractivity contribution in [1.82, 2.24) is 19.9 Å². The highest BCUT2D eigenvalue weighted by Crippen LogP contribution is 2.45. The van der Waals surface area contributed by atoms with Gasteiger partial charge < -0.3 is 23.9 Å². The van der Waals surface area contributed by atoms with Crippen molar-refractivity contribution in [2.24, 2.45) is 5.41 Å². The Balaban J connectivity index is 1.42. The molecule has 2 aromatic carbocycles. The van der Waals surface area contributed by atoms with Gasteiger partial charge in [-0.15, -0.1) is 5.54 Å². The minimum absolute atomic E-state index is 0.0247. The van der Waals surface area contributed by atoms with Gasteiger partial charge in [0, 0.05) is 35.9 Å². The number of pyridine rings is 1. The molecule has 64 heavy (non-hydrogen) atoms. The molecule has 1 N–H and O–H groups in total. The molecule has 1 saturated carbocycles. The van der Waals surface area contributed by atoms with Crippen molar-refractivity contribution in [3.63, 3.8) is 0 Å². The standard InChI is InChI=1S/C49H62F2N6O6Si/c1-28(2)64(29(3)4,30(5)6)20-17-35-38(50)16-13-31-21-32(53-45(59)62-47(7,8)9)22-36(39(31)35)41-40(51)42-37(23-52-41)43(55-44(54-42)61-27-49(26-58)18-19-49)56-24-33-14-15-34(25-56)57(33)46(60)63-48(10,11)12/h13,16,21-23,26,28-30,33-34H,14-15,18-19,24-25,27H2,1-12H3,(H,53,59). The Morgan fingerprint density at radius 2 is 1.56 bits per heavy atom. The molecule has 2 aliphatic heterocycles. The van der Waals surface area contributed by atoms with E-state index >= 15 is 8.78 Å². The van der Waals surface area contributed by atoms with E-state index in [1.54, 1.807) is 43.9 Å². The average molecular weight is 897 g/mol. The summed E-state index contributed by atoms with van der Waals surface area (Å²) in [6, 6.07) is 5.67. The fraction of sp³-hybridized carbons (Fsp3) is 0.551. The molecule has 2 atom stereocenters. The quantitative estimate of drug-likeness (QED) is 0.0931. The average Bonchev–Trinajstić information content (AvgIpc) is 3.92. The van der Waals surface area contributed by atoms with Gasteiger partial charge in [0.15, 0.2) is 5.82 Å². The molecule has 7 rings (SSSR count). The second-order valence-electron chi connectivity index (χ2n) is 20.8. The van der Waals surface area contributed by atoms with Crippen LogP contribution in [-0.2, 0) is 14.3 Å². The molecule has 15 heteroatoms. The molecule has 4 aromatic rings. The molecule has 2 unspecified atom stereocenters. The lowest BCUT2D eigenvalue weighted by molar-refractivity contribution is -0.113. The van der Waals surface area contributed by atoms with Crippen molar-refractivity contribution in [2.45, 2.75) is 149 Å². The van der Waals surface area contributed by atoms with Crippen LogP contribution in [0.3, 0.4) is 0 Å². The fourth-order valence-electron chi connectivity index (χ4n) is 9.72. The second kappa shape index (κ2) is 17.2. The maximum atomic E-state index is 17.8. The molecule has 0 radical (unpaired) electrons. The zero-order valence-corrected chi connectivity index (χ0v) is 40.2. The zero-order chi connectivity index (χ0) is 46.7. The molecule has 2 amide bonds. The number of carbonyl (C=O) groups excluding carboxylic acids is 3. The normalized spacial score (nSPS) is 18.4. The van der Waals surface area contributed by atoms with E-state index in [9.17, 15) is 14.4 Å². The van der Waals surface area contributed by atoms with Gasteiger partial charge in [0.25, 0.3) is 0 Å². The van der Waals surface area contributed by atoms with Crippen LogP contribution in [0.1, 0.15) is 114 Å². The van der Waals surface area contributed by atoms with E-state index in [-0.39, 0.29) is 75.4 Å². The number of fused-ring (bicyclic) bond motifs is 4. The van der Waals surface area contributed by atoms with Gasteiger partial charge in [-0.25, -0.2) is 18.4 Å². The maximum Gasteiger partial charge on any atom is 0.412 e. The van der Waals surface area contributed by atoms with Crippen molar-refractivity contribution >= 4 is 59.7 Å². The van der Waals surface area contributed by atoms with Gasteiger partial charge in [-0.2, -0.15) is 9.97 Å². The zero-order valence-electron chi connectivity index (χ0n) is 39.2. The topological polar surface area (TPSA) is 136 Å². The number of anilines is 2. The molecule has 3 fully saturated rings. The lowest BCUT2D eigenvalue weighted by atomic mass is 9.95. The number of nitrogens with zero attached hydrogens (tertiary/aromatic N) is 5. The van der Waals surface area contributed by atoms with Crippen LogP contribution < -0.4 is 15.0 Å². The lowest BCUT2D eigenvalue weighted by Gasteiger charge is -2.42. The number of rotatable bonds is 10. The predicted molar refractivity (Wildman–Crippen MR) is 248 cm³/mol. The third kappa shape index (κ3) is 9.25. The van der Waals surface area contributed by atoms with E-state index < -0.39 is 42.4 Å². The Kier molecular flexibility index (Phi) is 12.5. The maximum absolute atomic E-state index is 17.8. The van der Waals surface area contributed by atoms with Gasteiger partial charge in [-0.1, -0.05) is 53.5 Å². The Hall–Kier alpha value is -5.36. The predicted octanol–water partition coefficient (Wildman–Crippen LogP) is 11.0. The fourth-order valence-corrected chi connectivity index (χ4v) is 14.9. The Bertz CT molecular complexity index is 2520. The number of nitrogens with one attached hydrogen (secondary N) is 1. The van der Waals surface area contributed by atoms with Gasteiger partial charge in [-0.3, -0.25) is 15.2 Å². The van der Waals surface area contributed by atoms with Crippen LogP contribution in [0.15, 0.2) is 30.5 Å². The van der Waals surface area contributed by atoms with Crippen LogP contribution in [0.4, 0.5) is 29.9 Å². The summed E-state index contributed by atoms with van der Waals surface area (Å²) >= 11 is 0. The highest BCUT2D eigenvalue weighted by Gasteiger charge is 2.46. The van der Waals surface area contributed by atoms with Crippen molar-refractivity contribution in [2.75, 3.05) is 29.9 Å². The van der Waals surface area contributed by atoms with E-state index in [0.29, 0.717) is 47.9 Å². The van der Waals surface area contributed by atoms with Crippen molar-refractivity contribution in [3.8, 4) is 28.7 Å². The van der Waals surface area contributed by atoms with E-state index in [1.165, 1.54) is 12.3 Å². The highest BCUT2D eigenvalue weighted by atomic mass is 28.3. The van der Waals surface area contributed by atoms with Gasteiger partial charge >= 0.3 is 18.2 Å².